The van der Waals surface area contributed by atoms with Crippen molar-refractivity contribution < 1.29 is 9.90 Å². The number of nitrogens with two attached hydrogens (primary N) is 1. The normalized spacial score (nSPS) is 20.7. The van der Waals surface area contributed by atoms with Crippen LogP contribution in [-0.2, 0) is 0 Å². The van der Waals surface area contributed by atoms with Gasteiger partial charge in [-0.05, 0) is 30.9 Å². The lowest BCUT2D eigenvalue weighted by Gasteiger charge is -2.13. The summed E-state index contributed by atoms with van der Waals surface area (Å²) in [6.45, 7) is 4.49. The van der Waals surface area contributed by atoms with Crippen molar-refractivity contribution in [1.82, 2.24) is 15.3 Å². The van der Waals surface area contributed by atoms with Gasteiger partial charge in [0, 0.05) is 18.2 Å². The van der Waals surface area contributed by atoms with Gasteiger partial charge in [-0.15, -0.1) is 11.3 Å². The molecule has 0 aliphatic heterocycles. The first kappa shape index (κ1) is 17.0. The molecule has 2 aromatic rings. The number of carbonyl (C=O) groups is 1. The molecule has 0 aromatic carbocycles. The fourth-order valence-electron chi connectivity index (χ4n) is 3.09. The van der Waals surface area contributed by atoms with Gasteiger partial charge in [-0.1, -0.05) is 13.8 Å². The summed E-state index contributed by atoms with van der Waals surface area (Å²) in [6.07, 6.45) is 2.41. The summed E-state index contributed by atoms with van der Waals surface area (Å²) in [4.78, 5) is 22.5. The Morgan fingerprint density at radius 1 is 1.50 bits per heavy atom. The number of nitrogens with one attached hydrogen (secondary N) is 1. The molecule has 2 heterocycles. The Labute approximate surface area is 145 Å². The monoisotopic (exact) mass is 346 g/mol. The zero-order valence-corrected chi connectivity index (χ0v) is 14.6. The molecule has 7 heteroatoms. The number of nitrogens with zero attached hydrogens (tertiary/aromatic N) is 2. The van der Waals surface area contributed by atoms with Crippen LogP contribution in [0.5, 0.6) is 0 Å². The fraction of sp³-hybridized carbons (Fsp3) is 0.471. The largest absolute Gasteiger partial charge is 0.387 e. The van der Waals surface area contributed by atoms with Crippen LogP contribution in [0.3, 0.4) is 0 Å². The van der Waals surface area contributed by atoms with Crippen LogP contribution in [0.25, 0.3) is 10.6 Å². The van der Waals surface area contributed by atoms with E-state index in [1.165, 1.54) is 17.7 Å². The van der Waals surface area contributed by atoms with E-state index in [1.54, 1.807) is 0 Å². The average molecular weight is 346 g/mol. The van der Waals surface area contributed by atoms with E-state index in [4.69, 9.17) is 5.73 Å². The number of amides is 1. The van der Waals surface area contributed by atoms with Crippen molar-refractivity contribution in [3.63, 3.8) is 0 Å². The van der Waals surface area contributed by atoms with Crippen LogP contribution < -0.4 is 11.1 Å². The lowest BCUT2D eigenvalue weighted by atomic mass is 10.0. The molecule has 6 nitrogen and oxygen atoms in total. The smallest absolute Gasteiger partial charge is 0.261 e. The predicted molar refractivity (Wildman–Crippen MR) is 93.9 cm³/mol. The van der Waals surface area contributed by atoms with E-state index in [0.717, 1.165) is 22.6 Å². The van der Waals surface area contributed by atoms with E-state index in [-0.39, 0.29) is 17.9 Å². The van der Waals surface area contributed by atoms with E-state index in [2.05, 4.69) is 22.2 Å². The van der Waals surface area contributed by atoms with Crippen molar-refractivity contribution in [3.8, 4) is 10.6 Å². The maximum Gasteiger partial charge on any atom is 0.261 e. The molecule has 0 saturated heterocycles. The van der Waals surface area contributed by atoms with Gasteiger partial charge in [0.05, 0.1) is 27.2 Å². The van der Waals surface area contributed by atoms with Crippen LogP contribution in [0.4, 0.5) is 0 Å². The zero-order valence-electron chi connectivity index (χ0n) is 13.8. The Balaban J connectivity index is 1.89. The zero-order chi connectivity index (χ0) is 17.3. The van der Waals surface area contributed by atoms with Gasteiger partial charge in [0.1, 0.15) is 6.33 Å². The third-order valence-corrected chi connectivity index (χ3v) is 5.57. The van der Waals surface area contributed by atoms with Gasteiger partial charge < -0.3 is 16.2 Å². The van der Waals surface area contributed by atoms with Gasteiger partial charge in [-0.25, -0.2) is 9.97 Å². The summed E-state index contributed by atoms with van der Waals surface area (Å²) in [5.41, 5.74) is 8.16. The van der Waals surface area contributed by atoms with E-state index in [9.17, 15) is 9.90 Å². The van der Waals surface area contributed by atoms with Crippen molar-refractivity contribution in [3.05, 3.63) is 34.6 Å². The second kappa shape index (κ2) is 6.96. The number of hydrogen-bond acceptors (Lipinski definition) is 6. The standard InChI is InChI=1S/C17H22N4O2S/c1-3-10(7-18)21-17(23)13-5-4-12(24-13)16-14-9(2)6-11(22)15(14)19-8-20-16/h4-5,8-11,22H,3,6-7,18H2,1-2H3,(H,21,23)/t9-,10?,11+/m1/s1. The third kappa shape index (κ3) is 3.07. The van der Waals surface area contributed by atoms with Gasteiger partial charge in [0.2, 0.25) is 0 Å². The van der Waals surface area contributed by atoms with E-state index in [1.807, 2.05) is 19.1 Å². The molecule has 128 valence electrons. The molecule has 1 amide bonds. The molecule has 0 bridgehead atoms. The molecule has 2 aromatic heterocycles. The lowest BCUT2D eigenvalue weighted by Crippen LogP contribution is -2.39. The molecule has 1 aliphatic rings. The van der Waals surface area contributed by atoms with E-state index in [0.29, 0.717) is 23.5 Å². The van der Waals surface area contributed by atoms with Crippen molar-refractivity contribution >= 4 is 17.2 Å². The maximum atomic E-state index is 12.3. The van der Waals surface area contributed by atoms with Gasteiger partial charge in [-0.2, -0.15) is 0 Å². The summed E-state index contributed by atoms with van der Waals surface area (Å²) in [6, 6.07) is 3.70. The molecule has 1 aliphatic carbocycles. The molecule has 3 atom stereocenters. The second-order valence-electron chi connectivity index (χ2n) is 6.15. The number of rotatable bonds is 5. The number of fused-ring (bicyclic) bond motifs is 1. The van der Waals surface area contributed by atoms with Crippen molar-refractivity contribution in [2.75, 3.05) is 6.54 Å². The molecular formula is C17H22N4O2S. The van der Waals surface area contributed by atoms with Crippen LogP contribution in [0.1, 0.15) is 59.6 Å². The third-order valence-electron chi connectivity index (χ3n) is 4.48. The summed E-state index contributed by atoms with van der Waals surface area (Å²) in [5.74, 6) is 0.0922. The van der Waals surface area contributed by atoms with Gasteiger partial charge in [-0.3, -0.25) is 4.79 Å². The first-order valence-corrected chi connectivity index (χ1v) is 9.00. The Kier molecular flexibility index (Phi) is 4.93. The summed E-state index contributed by atoms with van der Waals surface area (Å²) in [7, 11) is 0. The molecule has 4 N–H and O–H groups in total. The molecule has 3 rings (SSSR count). The SMILES string of the molecule is CCC(CN)NC(=O)c1ccc(-c2ncnc3c2[C@H](C)C[C@@H]3O)s1. The summed E-state index contributed by atoms with van der Waals surface area (Å²) >= 11 is 1.40. The maximum absolute atomic E-state index is 12.3. The number of aliphatic hydroxyl groups excluding tert-OH is 1. The number of aliphatic hydroxyl groups is 1. The summed E-state index contributed by atoms with van der Waals surface area (Å²) < 4.78 is 0. The van der Waals surface area contributed by atoms with Crippen molar-refractivity contribution in [2.24, 2.45) is 5.73 Å². The van der Waals surface area contributed by atoms with Crippen LogP contribution in [0.15, 0.2) is 18.5 Å². The van der Waals surface area contributed by atoms with Crippen LogP contribution in [0.2, 0.25) is 0 Å². The van der Waals surface area contributed by atoms with Gasteiger partial charge in [0.15, 0.2) is 0 Å². The minimum Gasteiger partial charge on any atom is -0.387 e. The highest BCUT2D eigenvalue weighted by molar-refractivity contribution is 7.17. The highest BCUT2D eigenvalue weighted by atomic mass is 32.1. The molecule has 1 unspecified atom stereocenters. The molecule has 0 radical (unpaired) electrons. The first-order valence-electron chi connectivity index (χ1n) is 8.19. The first-order chi connectivity index (χ1) is 11.5. The van der Waals surface area contributed by atoms with E-state index < -0.39 is 6.10 Å². The molecule has 0 fully saturated rings. The second-order valence-corrected chi connectivity index (χ2v) is 7.24. The molecule has 24 heavy (non-hydrogen) atoms. The fourth-order valence-corrected chi connectivity index (χ4v) is 4.01. The molecular weight excluding hydrogens is 324 g/mol. The highest BCUT2D eigenvalue weighted by Crippen LogP contribution is 2.43. The van der Waals surface area contributed by atoms with Crippen LogP contribution >= 0.6 is 11.3 Å². The minimum atomic E-state index is -0.533. The Morgan fingerprint density at radius 2 is 2.29 bits per heavy atom. The predicted octanol–water partition coefficient (Wildman–Crippen LogP) is 2.21. The topological polar surface area (TPSA) is 101 Å². The number of aromatic nitrogens is 2. The Bertz CT molecular complexity index is 742. The minimum absolute atomic E-state index is 0.0125. The highest BCUT2D eigenvalue weighted by Gasteiger charge is 2.32. The summed E-state index contributed by atoms with van der Waals surface area (Å²) in [5, 5.41) is 13.0. The number of hydrogen-bond donors (Lipinski definition) is 3. The van der Waals surface area contributed by atoms with E-state index >= 15 is 0 Å². The average Bonchev–Trinajstić information content (AvgIpc) is 3.18. The Hall–Kier alpha value is -1.83. The number of thiophene rings is 1. The van der Waals surface area contributed by atoms with Crippen molar-refractivity contribution in [1.29, 1.82) is 0 Å². The van der Waals surface area contributed by atoms with Gasteiger partial charge >= 0.3 is 0 Å². The molecule has 0 saturated carbocycles. The lowest BCUT2D eigenvalue weighted by molar-refractivity contribution is 0.0941. The van der Waals surface area contributed by atoms with Crippen molar-refractivity contribution in [2.45, 2.75) is 44.8 Å². The van der Waals surface area contributed by atoms with Gasteiger partial charge in [0.25, 0.3) is 5.91 Å². The number of carbonyl (C=O) groups excluding carboxylic acids is 1. The molecule has 0 spiro atoms. The quantitative estimate of drug-likeness (QED) is 0.770. The van der Waals surface area contributed by atoms with Crippen LogP contribution in [-0.4, -0.2) is 33.6 Å². The van der Waals surface area contributed by atoms with Crippen LogP contribution in [0, 0.1) is 0 Å². The Morgan fingerprint density at radius 3 is 3.00 bits per heavy atom.